The maximum Gasteiger partial charge on any atom is 0.0234 e. The second-order valence-electron chi connectivity index (χ2n) is 7.43. The van der Waals surface area contributed by atoms with Gasteiger partial charge in [-0.05, 0) is 55.3 Å². The van der Waals surface area contributed by atoms with E-state index < -0.39 is 0 Å². The number of aryl methyl sites for hydroxylation is 1. The Morgan fingerprint density at radius 3 is 2.54 bits per heavy atom. The van der Waals surface area contributed by atoms with Gasteiger partial charge < -0.3 is 5.32 Å². The molecule has 2 atom stereocenters. The summed E-state index contributed by atoms with van der Waals surface area (Å²) in [6.45, 7) is 3.51. The van der Waals surface area contributed by atoms with Crippen LogP contribution in [0.2, 0.25) is 0 Å². The molecule has 2 aromatic carbocycles. The van der Waals surface area contributed by atoms with Crippen molar-refractivity contribution < 1.29 is 0 Å². The van der Waals surface area contributed by atoms with Crippen molar-refractivity contribution in [3.8, 4) is 0 Å². The third-order valence-electron chi connectivity index (χ3n) is 5.57. The summed E-state index contributed by atoms with van der Waals surface area (Å²) >= 11 is 0. The van der Waals surface area contributed by atoms with Crippen LogP contribution in [0, 0.1) is 0 Å². The molecule has 0 radical (unpaired) electrons. The summed E-state index contributed by atoms with van der Waals surface area (Å²) in [5.74, 6) is 0. The largest absolute Gasteiger partial charge is 0.310 e. The van der Waals surface area contributed by atoms with Gasteiger partial charge in [0, 0.05) is 25.2 Å². The van der Waals surface area contributed by atoms with Crippen LogP contribution in [0.4, 0.5) is 0 Å². The summed E-state index contributed by atoms with van der Waals surface area (Å²) in [5.41, 5.74) is 4.55. The van der Waals surface area contributed by atoms with Crippen LogP contribution in [-0.4, -0.2) is 30.1 Å². The predicted octanol–water partition coefficient (Wildman–Crippen LogP) is 3.80. The predicted molar refractivity (Wildman–Crippen MR) is 100 cm³/mol. The van der Waals surface area contributed by atoms with E-state index in [-0.39, 0.29) is 0 Å². The highest BCUT2D eigenvalue weighted by Gasteiger charge is 2.24. The fraction of sp³-hybridized carbons (Fsp3) is 0.455. The highest BCUT2D eigenvalue weighted by molar-refractivity contribution is 5.30. The SMILES string of the molecule is c1ccc(CN2CCCC(NC3CCc4ccccc4C3)C2)cc1. The van der Waals surface area contributed by atoms with E-state index in [2.05, 4.69) is 64.8 Å². The van der Waals surface area contributed by atoms with Gasteiger partial charge in [-0.1, -0.05) is 54.6 Å². The van der Waals surface area contributed by atoms with Crippen molar-refractivity contribution in [1.82, 2.24) is 10.2 Å². The van der Waals surface area contributed by atoms with Gasteiger partial charge in [-0.15, -0.1) is 0 Å². The molecule has 126 valence electrons. The topological polar surface area (TPSA) is 15.3 Å². The number of hydrogen-bond donors (Lipinski definition) is 1. The molecular formula is C22H28N2. The summed E-state index contributed by atoms with van der Waals surface area (Å²) < 4.78 is 0. The number of piperidine rings is 1. The zero-order valence-electron chi connectivity index (χ0n) is 14.5. The Balaban J connectivity index is 1.32. The Kier molecular flexibility index (Phi) is 4.96. The summed E-state index contributed by atoms with van der Waals surface area (Å²) in [6, 6.07) is 21.2. The summed E-state index contributed by atoms with van der Waals surface area (Å²) in [5, 5.41) is 3.97. The van der Waals surface area contributed by atoms with E-state index in [0.29, 0.717) is 12.1 Å². The molecule has 1 aliphatic heterocycles. The van der Waals surface area contributed by atoms with E-state index in [1.54, 1.807) is 11.1 Å². The Hall–Kier alpha value is -1.64. The van der Waals surface area contributed by atoms with Crippen molar-refractivity contribution in [3.63, 3.8) is 0 Å². The summed E-state index contributed by atoms with van der Waals surface area (Å²) in [6.07, 6.45) is 6.35. The minimum atomic E-state index is 0.651. The maximum atomic E-state index is 3.97. The maximum absolute atomic E-state index is 3.97. The average Bonchev–Trinajstić information content (AvgIpc) is 2.63. The van der Waals surface area contributed by atoms with Gasteiger partial charge in [0.25, 0.3) is 0 Å². The lowest BCUT2D eigenvalue weighted by Crippen LogP contribution is -2.50. The third-order valence-corrected chi connectivity index (χ3v) is 5.57. The van der Waals surface area contributed by atoms with Gasteiger partial charge in [0.1, 0.15) is 0 Å². The van der Waals surface area contributed by atoms with Crippen molar-refractivity contribution in [2.45, 2.75) is 50.7 Å². The van der Waals surface area contributed by atoms with Crippen molar-refractivity contribution in [1.29, 1.82) is 0 Å². The molecule has 2 unspecified atom stereocenters. The minimum absolute atomic E-state index is 0.651. The first kappa shape index (κ1) is 15.9. The van der Waals surface area contributed by atoms with Gasteiger partial charge >= 0.3 is 0 Å². The molecule has 0 saturated carbocycles. The number of fused-ring (bicyclic) bond motifs is 1. The minimum Gasteiger partial charge on any atom is -0.310 e. The van der Waals surface area contributed by atoms with E-state index in [4.69, 9.17) is 0 Å². The fourth-order valence-corrected chi connectivity index (χ4v) is 4.35. The Bertz CT molecular complexity index is 652. The highest BCUT2D eigenvalue weighted by Crippen LogP contribution is 2.22. The molecule has 0 aromatic heterocycles. The van der Waals surface area contributed by atoms with Crippen LogP contribution in [0.5, 0.6) is 0 Å². The second kappa shape index (κ2) is 7.50. The van der Waals surface area contributed by atoms with E-state index >= 15 is 0 Å². The molecule has 1 saturated heterocycles. The molecule has 1 fully saturated rings. The first-order valence-corrected chi connectivity index (χ1v) is 9.46. The van der Waals surface area contributed by atoms with E-state index in [1.165, 1.54) is 50.8 Å². The average molecular weight is 320 g/mol. The second-order valence-corrected chi connectivity index (χ2v) is 7.43. The smallest absolute Gasteiger partial charge is 0.0234 e. The number of nitrogens with zero attached hydrogens (tertiary/aromatic N) is 1. The van der Waals surface area contributed by atoms with Gasteiger partial charge in [-0.2, -0.15) is 0 Å². The van der Waals surface area contributed by atoms with Crippen LogP contribution in [0.15, 0.2) is 54.6 Å². The van der Waals surface area contributed by atoms with Gasteiger partial charge in [0.15, 0.2) is 0 Å². The standard InChI is InChI=1S/C22H28N2/c1-2-7-18(8-3-1)16-24-14-6-11-22(17-24)23-21-13-12-19-9-4-5-10-20(19)15-21/h1-5,7-10,21-23H,6,11-17H2. The lowest BCUT2D eigenvalue weighted by Gasteiger charge is -2.36. The van der Waals surface area contributed by atoms with Gasteiger partial charge in [0.05, 0.1) is 0 Å². The van der Waals surface area contributed by atoms with Crippen molar-refractivity contribution in [2.75, 3.05) is 13.1 Å². The Morgan fingerprint density at radius 2 is 1.67 bits per heavy atom. The molecule has 0 amide bonds. The monoisotopic (exact) mass is 320 g/mol. The molecule has 1 N–H and O–H groups in total. The lowest BCUT2D eigenvalue weighted by molar-refractivity contribution is 0.173. The van der Waals surface area contributed by atoms with E-state index in [1.807, 2.05) is 0 Å². The normalized spacial score (nSPS) is 24.5. The van der Waals surface area contributed by atoms with Crippen LogP contribution in [0.25, 0.3) is 0 Å². The zero-order valence-corrected chi connectivity index (χ0v) is 14.5. The Labute approximate surface area is 145 Å². The quantitative estimate of drug-likeness (QED) is 0.922. The molecule has 2 nitrogen and oxygen atoms in total. The number of nitrogens with one attached hydrogen (secondary N) is 1. The fourth-order valence-electron chi connectivity index (χ4n) is 4.35. The van der Waals surface area contributed by atoms with Crippen LogP contribution >= 0.6 is 0 Å². The Morgan fingerprint density at radius 1 is 0.875 bits per heavy atom. The van der Waals surface area contributed by atoms with Crippen LogP contribution in [0.3, 0.4) is 0 Å². The van der Waals surface area contributed by atoms with Gasteiger partial charge in [-0.25, -0.2) is 0 Å². The molecule has 2 aliphatic rings. The van der Waals surface area contributed by atoms with Crippen LogP contribution < -0.4 is 5.32 Å². The third kappa shape index (κ3) is 3.88. The van der Waals surface area contributed by atoms with Gasteiger partial charge in [0.2, 0.25) is 0 Å². The molecule has 0 bridgehead atoms. The number of likely N-dealkylation sites (tertiary alicyclic amines) is 1. The molecule has 4 rings (SSSR count). The van der Waals surface area contributed by atoms with Gasteiger partial charge in [-0.3, -0.25) is 4.90 Å². The molecule has 24 heavy (non-hydrogen) atoms. The van der Waals surface area contributed by atoms with Crippen LogP contribution in [0.1, 0.15) is 36.0 Å². The number of benzene rings is 2. The molecule has 1 heterocycles. The summed E-state index contributed by atoms with van der Waals surface area (Å²) in [4.78, 5) is 2.62. The number of hydrogen-bond acceptors (Lipinski definition) is 2. The van der Waals surface area contributed by atoms with Crippen molar-refractivity contribution in [3.05, 3.63) is 71.3 Å². The molecular weight excluding hydrogens is 292 g/mol. The highest BCUT2D eigenvalue weighted by atomic mass is 15.2. The molecule has 2 heteroatoms. The first-order chi connectivity index (χ1) is 11.9. The van der Waals surface area contributed by atoms with E-state index in [9.17, 15) is 0 Å². The summed E-state index contributed by atoms with van der Waals surface area (Å²) in [7, 11) is 0. The van der Waals surface area contributed by atoms with E-state index in [0.717, 1.165) is 6.54 Å². The molecule has 0 spiro atoms. The number of rotatable bonds is 4. The van der Waals surface area contributed by atoms with Crippen LogP contribution in [-0.2, 0) is 19.4 Å². The molecule has 1 aliphatic carbocycles. The zero-order chi connectivity index (χ0) is 16.2. The van der Waals surface area contributed by atoms with Crippen molar-refractivity contribution >= 4 is 0 Å². The van der Waals surface area contributed by atoms with Crippen molar-refractivity contribution in [2.24, 2.45) is 0 Å². The first-order valence-electron chi connectivity index (χ1n) is 9.46. The molecule has 2 aromatic rings. The lowest BCUT2D eigenvalue weighted by atomic mass is 9.87.